The number of nitro groups is 1. The van der Waals surface area contributed by atoms with Crippen molar-refractivity contribution in [3.8, 4) is 0 Å². The summed E-state index contributed by atoms with van der Waals surface area (Å²) in [5.41, 5.74) is 0.106. The van der Waals surface area contributed by atoms with E-state index in [4.69, 9.17) is 11.8 Å². The molecule has 1 rings (SSSR count). The van der Waals surface area contributed by atoms with E-state index in [1.54, 1.807) is 0 Å². The van der Waals surface area contributed by atoms with Gasteiger partial charge in [0.25, 0.3) is 0 Å². The molecular formula is C5H4ClN3O2. The Kier molecular flexibility index (Phi) is 2.22. The molecule has 1 heterocycles. The predicted molar refractivity (Wildman–Crippen MR) is 40.4 cm³/mol. The molecule has 0 aliphatic rings. The summed E-state index contributed by atoms with van der Waals surface area (Å²) in [6, 6.07) is 1.42. The van der Waals surface area contributed by atoms with E-state index in [9.17, 15) is 10.1 Å². The zero-order valence-electron chi connectivity index (χ0n) is 5.32. The minimum absolute atomic E-state index is 0.137. The van der Waals surface area contributed by atoms with Crippen LogP contribution in [0, 0.1) is 10.1 Å². The summed E-state index contributed by atoms with van der Waals surface area (Å²) in [4.78, 5) is 15.4. The van der Waals surface area contributed by atoms with Crippen LogP contribution >= 0.6 is 11.8 Å². The summed E-state index contributed by atoms with van der Waals surface area (Å²) in [5.74, 6) is 0. The largest absolute Gasteiger partial charge is 0.311 e. The Morgan fingerprint density at radius 2 is 2.45 bits per heavy atom. The van der Waals surface area contributed by atoms with Crippen LogP contribution in [0.25, 0.3) is 0 Å². The monoisotopic (exact) mass is 173 g/mol. The van der Waals surface area contributed by atoms with Crippen LogP contribution in [0.4, 0.5) is 11.4 Å². The predicted octanol–water partition coefficient (Wildman–Crippen LogP) is 1.56. The van der Waals surface area contributed by atoms with Crippen molar-refractivity contribution in [3.63, 3.8) is 0 Å². The third kappa shape index (κ3) is 1.56. The smallest absolute Gasteiger partial charge is 0.292 e. The maximum atomic E-state index is 10.2. The van der Waals surface area contributed by atoms with Crippen molar-refractivity contribution in [2.75, 3.05) is 4.84 Å². The van der Waals surface area contributed by atoms with E-state index in [0.29, 0.717) is 0 Å². The molecule has 1 aromatic heterocycles. The number of hydrogen-bond acceptors (Lipinski definition) is 4. The first-order valence-corrected chi connectivity index (χ1v) is 3.08. The number of aromatic nitrogens is 1. The Hall–Kier alpha value is -1.36. The van der Waals surface area contributed by atoms with Crippen LogP contribution in [-0.4, -0.2) is 9.91 Å². The minimum atomic E-state index is -0.558. The van der Waals surface area contributed by atoms with Gasteiger partial charge in [-0.25, -0.2) is 0 Å². The molecule has 0 radical (unpaired) electrons. The number of rotatable bonds is 2. The molecule has 1 aromatic rings. The molecule has 0 aliphatic carbocycles. The highest BCUT2D eigenvalue weighted by Crippen LogP contribution is 2.21. The number of pyridine rings is 1. The van der Waals surface area contributed by atoms with Crippen LogP contribution < -0.4 is 4.84 Å². The second-order valence-corrected chi connectivity index (χ2v) is 1.93. The van der Waals surface area contributed by atoms with E-state index in [1.165, 1.54) is 12.3 Å². The molecule has 0 atom stereocenters. The Morgan fingerprint density at radius 3 is 2.91 bits per heavy atom. The summed E-state index contributed by atoms with van der Waals surface area (Å²) in [6.45, 7) is 0. The molecule has 11 heavy (non-hydrogen) atoms. The van der Waals surface area contributed by atoms with Gasteiger partial charge in [0.05, 0.1) is 4.92 Å². The molecule has 0 aliphatic heterocycles. The summed E-state index contributed by atoms with van der Waals surface area (Å²) in [5, 5.41) is 10.2. The lowest BCUT2D eigenvalue weighted by Gasteiger charge is -1.96. The minimum Gasteiger partial charge on any atom is -0.292 e. The quantitative estimate of drug-likeness (QED) is 0.419. The Morgan fingerprint density at radius 1 is 1.73 bits per heavy atom. The van der Waals surface area contributed by atoms with Gasteiger partial charge in [-0.1, -0.05) is 0 Å². The lowest BCUT2D eigenvalue weighted by molar-refractivity contribution is -0.384. The third-order valence-corrected chi connectivity index (χ3v) is 1.30. The van der Waals surface area contributed by atoms with Crippen molar-refractivity contribution in [1.82, 2.24) is 4.98 Å². The van der Waals surface area contributed by atoms with Gasteiger partial charge in [0.2, 0.25) is 0 Å². The zero-order valence-corrected chi connectivity index (χ0v) is 6.08. The van der Waals surface area contributed by atoms with E-state index in [-0.39, 0.29) is 11.4 Å². The zero-order chi connectivity index (χ0) is 8.27. The van der Waals surface area contributed by atoms with Gasteiger partial charge < -0.3 is 0 Å². The fourth-order valence-electron chi connectivity index (χ4n) is 0.612. The van der Waals surface area contributed by atoms with Crippen LogP contribution in [0.5, 0.6) is 0 Å². The van der Waals surface area contributed by atoms with Gasteiger partial charge in [-0.2, -0.15) is 0 Å². The molecule has 0 spiro atoms. The SMILES string of the molecule is O=[N+]([O-])c1cnccc1NCl. The fraction of sp³-hybridized carbons (Fsp3) is 0. The molecule has 58 valence electrons. The van der Waals surface area contributed by atoms with Crippen LogP contribution in [0.3, 0.4) is 0 Å². The number of hydrogen-bond donors (Lipinski definition) is 1. The Bertz CT molecular complexity index is 278. The Labute approximate surface area is 67.3 Å². The van der Waals surface area contributed by atoms with Gasteiger partial charge in [0, 0.05) is 18.0 Å². The number of anilines is 1. The van der Waals surface area contributed by atoms with Crippen molar-refractivity contribution < 1.29 is 4.92 Å². The number of nitrogens with zero attached hydrogens (tertiary/aromatic N) is 2. The molecule has 0 saturated carbocycles. The van der Waals surface area contributed by atoms with Crippen molar-refractivity contribution in [3.05, 3.63) is 28.6 Å². The van der Waals surface area contributed by atoms with Gasteiger partial charge in [-0.15, -0.1) is 0 Å². The molecule has 1 N–H and O–H groups in total. The maximum absolute atomic E-state index is 10.2. The second-order valence-electron chi connectivity index (χ2n) is 1.74. The second kappa shape index (κ2) is 3.16. The lowest BCUT2D eigenvalue weighted by Crippen LogP contribution is -1.93. The van der Waals surface area contributed by atoms with Gasteiger partial charge in [-0.05, 0) is 6.07 Å². The average Bonchev–Trinajstić information content (AvgIpc) is 2.04. The van der Waals surface area contributed by atoms with Gasteiger partial charge >= 0.3 is 5.69 Å². The van der Waals surface area contributed by atoms with E-state index in [2.05, 4.69) is 9.82 Å². The lowest BCUT2D eigenvalue weighted by atomic mass is 10.4. The summed E-state index contributed by atoms with van der Waals surface area (Å²) < 4.78 is 0. The van der Waals surface area contributed by atoms with Crippen molar-refractivity contribution in [2.45, 2.75) is 0 Å². The molecule has 0 saturated heterocycles. The van der Waals surface area contributed by atoms with Crippen molar-refractivity contribution >= 4 is 23.2 Å². The first kappa shape index (κ1) is 7.74. The standard InChI is InChI=1S/C5H4ClN3O2/c6-8-4-1-2-7-3-5(4)9(10)11/h1-3H,(H,7,8). The molecule has 0 fully saturated rings. The molecular weight excluding hydrogens is 170 g/mol. The molecule has 5 nitrogen and oxygen atoms in total. The van der Waals surface area contributed by atoms with Crippen LogP contribution in [0.15, 0.2) is 18.5 Å². The topological polar surface area (TPSA) is 68.1 Å². The van der Waals surface area contributed by atoms with Gasteiger partial charge in [0.1, 0.15) is 11.9 Å². The highest BCUT2D eigenvalue weighted by atomic mass is 35.5. The summed E-state index contributed by atoms with van der Waals surface area (Å²) in [6.07, 6.45) is 2.54. The number of nitrogens with one attached hydrogen (secondary N) is 1. The molecule has 0 amide bonds. The highest BCUT2D eigenvalue weighted by molar-refractivity contribution is 6.24. The van der Waals surface area contributed by atoms with Crippen LogP contribution in [-0.2, 0) is 0 Å². The molecule has 0 bridgehead atoms. The van der Waals surface area contributed by atoms with Gasteiger partial charge in [-0.3, -0.25) is 19.9 Å². The normalized spacial score (nSPS) is 9.18. The van der Waals surface area contributed by atoms with Crippen molar-refractivity contribution in [1.29, 1.82) is 0 Å². The van der Waals surface area contributed by atoms with Crippen LogP contribution in [0.2, 0.25) is 0 Å². The van der Waals surface area contributed by atoms with Crippen LogP contribution in [0.1, 0.15) is 0 Å². The highest BCUT2D eigenvalue weighted by Gasteiger charge is 2.11. The van der Waals surface area contributed by atoms with E-state index in [0.717, 1.165) is 6.20 Å². The first-order valence-electron chi connectivity index (χ1n) is 2.70. The molecule has 6 heteroatoms. The van der Waals surface area contributed by atoms with Gasteiger partial charge in [0.15, 0.2) is 0 Å². The van der Waals surface area contributed by atoms with E-state index < -0.39 is 4.92 Å². The summed E-state index contributed by atoms with van der Waals surface area (Å²) >= 11 is 5.19. The van der Waals surface area contributed by atoms with Crippen molar-refractivity contribution in [2.24, 2.45) is 0 Å². The fourth-order valence-corrected chi connectivity index (χ4v) is 0.771. The molecule has 0 unspecified atom stereocenters. The average molecular weight is 174 g/mol. The third-order valence-electron chi connectivity index (χ3n) is 1.10. The molecule has 0 aromatic carbocycles. The summed E-state index contributed by atoms with van der Waals surface area (Å²) in [7, 11) is 0. The maximum Gasteiger partial charge on any atom is 0.311 e. The number of halogens is 1. The van der Waals surface area contributed by atoms with E-state index in [1.807, 2.05) is 0 Å². The van der Waals surface area contributed by atoms with E-state index >= 15 is 0 Å². The first-order chi connectivity index (χ1) is 5.25. The Balaban J connectivity index is 3.12.